The maximum absolute atomic E-state index is 12.5. The summed E-state index contributed by atoms with van der Waals surface area (Å²) in [6, 6.07) is 11.8. The molecule has 0 radical (unpaired) electrons. The number of pyridine rings is 1. The number of hydrogen-bond acceptors (Lipinski definition) is 4. The van der Waals surface area contributed by atoms with Crippen LogP contribution in [0.3, 0.4) is 0 Å². The third-order valence-electron chi connectivity index (χ3n) is 3.85. The zero-order valence-corrected chi connectivity index (χ0v) is 16.0. The minimum absolute atomic E-state index is 0.0998. The maximum atomic E-state index is 12.5. The number of halogens is 1. The van der Waals surface area contributed by atoms with E-state index in [0.717, 1.165) is 5.56 Å². The maximum Gasteiger partial charge on any atom is 0.253 e. The molecule has 7 heteroatoms. The first-order valence-corrected chi connectivity index (χ1v) is 8.96. The molecule has 1 heterocycles. The first kappa shape index (κ1) is 20.4. The molecular formula is C20H21ClN4O2. The van der Waals surface area contributed by atoms with Gasteiger partial charge in [-0.25, -0.2) is 0 Å². The van der Waals surface area contributed by atoms with Crippen molar-refractivity contribution < 1.29 is 9.59 Å². The smallest absolute Gasteiger partial charge is 0.253 e. The molecule has 6 nitrogen and oxygen atoms in total. The number of benzene rings is 1. The van der Waals surface area contributed by atoms with Crippen LogP contribution in [0.1, 0.15) is 30.6 Å². The summed E-state index contributed by atoms with van der Waals surface area (Å²) in [5.41, 5.74) is 1.77. The summed E-state index contributed by atoms with van der Waals surface area (Å²) < 4.78 is 0. The topological polar surface area (TPSA) is 94.9 Å². The number of aromatic nitrogens is 1. The van der Waals surface area contributed by atoms with Gasteiger partial charge in [0.05, 0.1) is 17.3 Å². The lowest BCUT2D eigenvalue weighted by Crippen LogP contribution is -2.47. The van der Waals surface area contributed by atoms with Gasteiger partial charge in [-0.3, -0.25) is 14.6 Å². The molecule has 1 atom stereocenters. The van der Waals surface area contributed by atoms with Crippen molar-refractivity contribution in [3.63, 3.8) is 0 Å². The van der Waals surface area contributed by atoms with Crippen LogP contribution in [0, 0.1) is 17.2 Å². The quantitative estimate of drug-likeness (QED) is 0.716. The molecule has 0 fully saturated rings. The van der Waals surface area contributed by atoms with Gasteiger partial charge in [-0.2, -0.15) is 5.26 Å². The molecule has 2 aromatic rings. The SMILES string of the molecule is CC(C)CC(NC(=O)c1ccc(-c2ccccc2Cl)nc1)C(=O)NCC#N. The molecule has 1 unspecified atom stereocenters. The second kappa shape index (κ2) is 9.70. The molecule has 0 aliphatic heterocycles. The highest BCUT2D eigenvalue weighted by Crippen LogP contribution is 2.25. The van der Waals surface area contributed by atoms with E-state index in [2.05, 4.69) is 15.6 Å². The fraction of sp³-hybridized carbons (Fsp3) is 0.300. The summed E-state index contributed by atoms with van der Waals surface area (Å²) in [5, 5.41) is 14.4. The van der Waals surface area contributed by atoms with E-state index in [4.69, 9.17) is 16.9 Å². The Morgan fingerprint density at radius 3 is 2.56 bits per heavy atom. The lowest BCUT2D eigenvalue weighted by molar-refractivity contribution is -0.123. The van der Waals surface area contributed by atoms with Gasteiger partial charge in [0.25, 0.3) is 5.91 Å². The number of carbonyl (C=O) groups is 2. The number of amides is 2. The highest BCUT2D eigenvalue weighted by Gasteiger charge is 2.22. The molecule has 0 saturated carbocycles. The molecule has 0 aliphatic carbocycles. The van der Waals surface area contributed by atoms with Gasteiger partial charge in [0, 0.05) is 16.8 Å². The zero-order chi connectivity index (χ0) is 19.8. The third-order valence-corrected chi connectivity index (χ3v) is 4.18. The van der Waals surface area contributed by atoms with Crippen LogP contribution in [0.4, 0.5) is 0 Å². The second-order valence-corrected chi connectivity index (χ2v) is 6.85. The van der Waals surface area contributed by atoms with Crippen LogP contribution in [0.25, 0.3) is 11.3 Å². The summed E-state index contributed by atoms with van der Waals surface area (Å²) in [5.74, 6) is -0.575. The Labute approximate surface area is 163 Å². The van der Waals surface area contributed by atoms with Crippen LogP contribution in [-0.4, -0.2) is 29.4 Å². The standard InChI is InChI=1S/C20H21ClN4O2/c1-13(2)11-18(20(27)23-10-9-22)25-19(26)14-7-8-17(24-12-14)15-5-3-4-6-16(15)21/h3-8,12-13,18H,10-11H2,1-2H3,(H,23,27)(H,25,26). The van der Waals surface area contributed by atoms with Crippen LogP contribution in [0.15, 0.2) is 42.6 Å². The molecular weight excluding hydrogens is 364 g/mol. The molecule has 27 heavy (non-hydrogen) atoms. The van der Waals surface area contributed by atoms with Crippen molar-refractivity contribution in [2.45, 2.75) is 26.3 Å². The van der Waals surface area contributed by atoms with Crippen molar-refractivity contribution in [1.82, 2.24) is 15.6 Å². The number of hydrogen-bond donors (Lipinski definition) is 2. The summed E-state index contributed by atoms with van der Waals surface area (Å²) in [4.78, 5) is 29.0. The highest BCUT2D eigenvalue weighted by atomic mass is 35.5. The van der Waals surface area contributed by atoms with E-state index in [-0.39, 0.29) is 18.4 Å². The molecule has 1 aromatic carbocycles. The van der Waals surface area contributed by atoms with Gasteiger partial charge in [-0.15, -0.1) is 0 Å². The van der Waals surface area contributed by atoms with E-state index >= 15 is 0 Å². The predicted octanol–water partition coefficient (Wildman–Crippen LogP) is 3.19. The van der Waals surface area contributed by atoms with Gasteiger partial charge < -0.3 is 10.6 Å². The lowest BCUT2D eigenvalue weighted by Gasteiger charge is -2.19. The molecule has 1 aromatic heterocycles. The van der Waals surface area contributed by atoms with E-state index in [9.17, 15) is 9.59 Å². The van der Waals surface area contributed by atoms with Gasteiger partial charge in [0.1, 0.15) is 12.6 Å². The van der Waals surface area contributed by atoms with Crippen molar-refractivity contribution in [3.8, 4) is 17.3 Å². The van der Waals surface area contributed by atoms with E-state index in [0.29, 0.717) is 22.7 Å². The molecule has 140 valence electrons. The molecule has 0 spiro atoms. The van der Waals surface area contributed by atoms with E-state index < -0.39 is 11.9 Å². The van der Waals surface area contributed by atoms with Gasteiger partial charge >= 0.3 is 0 Å². The Morgan fingerprint density at radius 2 is 1.96 bits per heavy atom. The summed E-state index contributed by atoms with van der Waals surface area (Å²) in [6.07, 6.45) is 1.92. The molecule has 2 N–H and O–H groups in total. The predicted molar refractivity (Wildman–Crippen MR) is 104 cm³/mol. The minimum Gasteiger partial charge on any atom is -0.341 e. The second-order valence-electron chi connectivity index (χ2n) is 6.44. The van der Waals surface area contributed by atoms with Crippen LogP contribution in [0.5, 0.6) is 0 Å². The number of nitriles is 1. The Hall–Kier alpha value is -2.91. The Bertz CT molecular complexity index is 844. The zero-order valence-electron chi connectivity index (χ0n) is 15.2. The fourth-order valence-electron chi connectivity index (χ4n) is 2.55. The third kappa shape index (κ3) is 5.80. The van der Waals surface area contributed by atoms with Crippen LogP contribution < -0.4 is 10.6 Å². The molecule has 0 bridgehead atoms. The normalized spacial score (nSPS) is 11.5. The van der Waals surface area contributed by atoms with E-state index in [1.165, 1.54) is 6.20 Å². The van der Waals surface area contributed by atoms with E-state index in [1.54, 1.807) is 18.2 Å². The van der Waals surface area contributed by atoms with E-state index in [1.807, 2.05) is 38.1 Å². The van der Waals surface area contributed by atoms with Crippen molar-refractivity contribution in [2.75, 3.05) is 6.54 Å². The van der Waals surface area contributed by atoms with Gasteiger partial charge in [-0.05, 0) is 30.5 Å². The Kier molecular flexibility index (Phi) is 7.33. The summed E-state index contributed by atoms with van der Waals surface area (Å²) in [7, 11) is 0. The molecule has 0 saturated heterocycles. The van der Waals surface area contributed by atoms with Gasteiger partial charge in [0.15, 0.2) is 0 Å². The van der Waals surface area contributed by atoms with Crippen LogP contribution >= 0.6 is 11.6 Å². The van der Waals surface area contributed by atoms with Gasteiger partial charge in [-0.1, -0.05) is 43.6 Å². The number of nitrogens with zero attached hydrogens (tertiary/aromatic N) is 2. The average Bonchev–Trinajstić information content (AvgIpc) is 2.65. The van der Waals surface area contributed by atoms with Crippen LogP contribution in [-0.2, 0) is 4.79 Å². The summed E-state index contributed by atoms with van der Waals surface area (Å²) in [6.45, 7) is 3.81. The van der Waals surface area contributed by atoms with Crippen molar-refractivity contribution >= 4 is 23.4 Å². The largest absolute Gasteiger partial charge is 0.341 e. The fourth-order valence-corrected chi connectivity index (χ4v) is 2.78. The number of rotatable bonds is 7. The van der Waals surface area contributed by atoms with Crippen molar-refractivity contribution in [2.24, 2.45) is 5.92 Å². The van der Waals surface area contributed by atoms with Crippen LogP contribution in [0.2, 0.25) is 5.02 Å². The van der Waals surface area contributed by atoms with Crippen molar-refractivity contribution in [3.05, 3.63) is 53.2 Å². The van der Waals surface area contributed by atoms with Gasteiger partial charge in [0.2, 0.25) is 5.91 Å². The Balaban J connectivity index is 2.12. The van der Waals surface area contributed by atoms with Crippen molar-refractivity contribution in [1.29, 1.82) is 5.26 Å². The molecule has 2 amide bonds. The first-order valence-electron chi connectivity index (χ1n) is 8.59. The number of carbonyl (C=O) groups excluding carboxylic acids is 2. The monoisotopic (exact) mass is 384 g/mol. The Morgan fingerprint density at radius 1 is 1.22 bits per heavy atom. The average molecular weight is 385 g/mol. The highest BCUT2D eigenvalue weighted by molar-refractivity contribution is 6.33. The minimum atomic E-state index is -0.714. The molecule has 2 rings (SSSR count). The molecule has 0 aliphatic rings. The first-order chi connectivity index (χ1) is 12.9. The summed E-state index contributed by atoms with van der Waals surface area (Å²) >= 11 is 6.17. The number of nitrogens with one attached hydrogen (secondary N) is 2. The lowest BCUT2D eigenvalue weighted by atomic mass is 10.0.